The van der Waals surface area contributed by atoms with Crippen LogP contribution in [0.4, 0.5) is 0 Å². The van der Waals surface area contributed by atoms with E-state index in [-0.39, 0.29) is 0 Å². The van der Waals surface area contributed by atoms with E-state index in [2.05, 4.69) is 50.5 Å². The summed E-state index contributed by atoms with van der Waals surface area (Å²) >= 11 is 0. The molecule has 1 saturated carbocycles. The van der Waals surface area contributed by atoms with Crippen molar-refractivity contribution in [3.63, 3.8) is 0 Å². The summed E-state index contributed by atoms with van der Waals surface area (Å²) in [6.07, 6.45) is 8.43. The zero-order valence-electron chi connectivity index (χ0n) is 12.8. The van der Waals surface area contributed by atoms with Crippen LogP contribution in [0.5, 0.6) is 0 Å². The van der Waals surface area contributed by atoms with Gasteiger partial charge in [0.2, 0.25) is 0 Å². The highest BCUT2D eigenvalue weighted by Gasteiger charge is 2.27. The number of hydrogen-bond acceptors (Lipinski definition) is 1. The van der Waals surface area contributed by atoms with Crippen LogP contribution in [0.3, 0.4) is 0 Å². The van der Waals surface area contributed by atoms with E-state index in [9.17, 15) is 0 Å². The largest absolute Gasteiger partial charge is 0.313 e. The molecule has 0 radical (unpaired) electrons. The van der Waals surface area contributed by atoms with Gasteiger partial charge in [0.25, 0.3) is 0 Å². The molecule has 0 saturated heterocycles. The maximum atomic E-state index is 3.56. The molecule has 0 amide bonds. The van der Waals surface area contributed by atoms with Crippen molar-refractivity contribution >= 4 is 0 Å². The van der Waals surface area contributed by atoms with Gasteiger partial charge in [-0.1, -0.05) is 62.4 Å². The summed E-state index contributed by atoms with van der Waals surface area (Å²) in [7, 11) is 2.12. The highest BCUT2D eigenvalue weighted by Crippen LogP contribution is 2.38. The Labute approximate surface area is 118 Å². The predicted octanol–water partition coefficient (Wildman–Crippen LogP) is 4.86. The summed E-state index contributed by atoms with van der Waals surface area (Å²) in [5, 5.41) is 3.56. The van der Waals surface area contributed by atoms with E-state index in [1.165, 1.54) is 49.7 Å². The minimum atomic E-state index is 0.544. The first-order valence-electron chi connectivity index (χ1n) is 7.98. The Kier molecular flexibility index (Phi) is 5.45. The summed E-state index contributed by atoms with van der Waals surface area (Å²) in [5.41, 5.74) is 2.85. The topological polar surface area (TPSA) is 12.0 Å². The lowest BCUT2D eigenvalue weighted by atomic mass is 9.75. The second kappa shape index (κ2) is 7.09. The first-order chi connectivity index (χ1) is 9.24. The Bertz CT molecular complexity index is 377. The van der Waals surface area contributed by atoms with Gasteiger partial charge in [-0.3, -0.25) is 0 Å². The molecule has 2 rings (SSSR count). The van der Waals surface area contributed by atoms with Crippen molar-refractivity contribution in [2.75, 3.05) is 7.05 Å². The Morgan fingerprint density at radius 3 is 2.53 bits per heavy atom. The number of aryl methyl sites for hydroxylation is 1. The third-order valence-electron chi connectivity index (χ3n) is 4.77. The van der Waals surface area contributed by atoms with Crippen LogP contribution < -0.4 is 5.32 Å². The van der Waals surface area contributed by atoms with Crippen molar-refractivity contribution in [1.82, 2.24) is 5.32 Å². The molecule has 1 nitrogen and oxygen atoms in total. The van der Waals surface area contributed by atoms with Crippen LogP contribution in [0.1, 0.15) is 62.6 Å². The molecular weight excluding hydrogens is 230 g/mol. The normalized spacial score (nSPS) is 25.2. The minimum Gasteiger partial charge on any atom is -0.313 e. The van der Waals surface area contributed by atoms with Crippen LogP contribution in [-0.4, -0.2) is 7.05 Å². The molecule has 19 heavy (non-hydrogen) atoms. The van der Waals surface area contributed by atoms with E-state index in [0.717, 1.165) is 11.8 Å². The van der Waals surface area contributed by atoms with E-state index in [0.29, 0.717) is 6.04 Å². The maximum absolute atomic E-state index is 3.56. The van der Waals surface area contributed by atoms with E-state index < -0.39 is 0 Å². The molecule has 1 fully saturated rings. The van der Waals surface area contributed by atoms with Gasteiger partial charge in [0.1, 0.15) is 0 Å². The smallest absolute Gasteiger partial charge is 0.0346 e. The quantitative estimate of drug-likeness (QED) is 0.796. The molecule has 106 valence electrons. The first kappa shape index (κ1) is 14.6. The van der Waals surface area contributed by atoms with Crippen molar-refractivity contribution in [3.8, 4) is 0 Å². The van der Waals surface area contributed by atoms with E-state index >= 15 is 0 Å². The van der Waals surface area contributed by atoms with Gasteiger partial charge in [-0.2, -0.15) is 0 Å². The molecule has 1 aliphatic rings. The van der Waals surface area contributed by atoms with Crippen LogP contribution in [-0.2, 0) is 0 Å². The monoisotopic (exact) mass is 259 g/mol. The van der Waals surface area contributed by atoms with Crippen LogP contribution in [0.25, 0.3) is 0 Å². The molecule has 0 heterocycles. The zero-order valence-corrected chi connectivity index (χ0v) is 12.8. The van der Waals surface area contributed by atoms with Gasteiger partial charge < -0.3 is 5.32 Å². The number of rotatable bonds is 5. The predicted molar refractivity (Wildman–Crippen MR) is 83.3 cm³/mol. The van der Waals surface area contributed by atoms with Gasteiger partial charge in [0, 0.05) is 6.04 Å². The van der Waals surface area contributed by atoms with E-state index in [1.807, 2.05) is 0 Å². The lowest BCUT2D eigenvalue weighted by molar-refractivity contribution is 0.219. The molecular formula is C18H29N. The lowest BCUT2D eigenvalue weighted by Gasteiger charge is -2.34. The average Bonchev–Trinajstić information content (AvgIpc) is 2.42. The zero-order chi connectivity index (χ0) is 13.7. The molecule has 0 bridgehead atoms. The van der Waals surface area contributed by atoms with Gasteiger partial charge in [0.15, 0.2) is 0 Å². The summed E-state index contributed by atoms with van der Waals surface area (Å²) < 4.78 is 0. The maximum Gasteiger partial charge on any atom is 0.0346 e. The van der Waals surface area contributed by atoms with Crippen LogP contribution in [0.15, 0.2) is 24.3 Å². The number of hydrogen-bond donors (Lipinski definition) is 1. The highest BCUT2D eigenvalue weighted by molar-refractivity contribution is 5.25. The molecule has 1 aromatic rings. The standard InChI is InChI=1S/C18H29N/c1-4-6-15-9-11-16(12-10-15)18(19-3)17-8-5-7-14(2)13-17/h5,7-8,13,15-16,18-19H,4,6,9-12H2,1-3H3. The highest BCUT2D eigenvalue weighted by atomic mass is 14.9. The second-order valence-corrected chi connectivity index (χ2v) is 6.25. The SMILES string of the molecule is CCCC1CCC(C(NC)c2cccc(C)c2)CC1. The minimum absolute atomic E-state index is 0.544. The van der Waals surface area contributed by atoms with E-state index in [1.54, 1.807) is 0 Å². The van der Waals surface area contributed by atoms with Crippen molar-refractivity contribution in [1.29, 1.82) is 0 Å². The summed E-state index contributed by atoms with van der Waals surface area (Å²) in [6.45, 7) is 4.50. The average molecular weight is 259 g/mol. The Morgan fingerprint density at radius 1 is 1.21 bits per heavy atom. The van der Waals surface area contributed by atoms with Crippen molar-refractivity contribution in [2.45, 2.75) is 58.4 Å². The Hall–Kier alpha value is -0.820. The van der Waals surface area contributed by atoms with Crippen LogP contribution >= 0.6 is 0 Å². The van der Waals surface area contributed by atoms with Crippen LogP contribution in [0.2, 0.25) is 0 Å². The van der Waals surface area contributed by atoms with Gasteiger partial charge >= 0.3 is 0 Å². The molecule has 1 N–H and O–H groups in total. The van der Waals surface area contributed by atoms with Crippen molar-refractivity contribution < 1.29 is 0 Å². The lowest BCUT2D eigenvalue weighted by Crippen LogP contribution is -2.28. The third-order valence-corrected chi connectivity index (χ3v) is 4.77. The molecule has 1 unspecified atom stereocenters. The first-order valence-corrected chi connectivity index (χ1v) is 7.98. The van der Waals surface area contributed by atoms with Gasteiger partial charge in [-0.05, 0) is 44.2 Å². The van der Waals surface area contributed by atoms with Gasteiger partial charge in [-0.15, -0.1) is 0 Å². The van der Waals surface area contributed by atoms with Crippen molar-refractivity contribution in [3.05, 3.63) is 35.4 Å². The molecule has 1 aliphatic carbocycles. The van der Waals surface area contributed by atoms with Gasteiger partial charge in [-0.25, -0.2) is 0 Å². The Balaban J connectivity index is 1.99. The van der Waals surface area contributed by atoms with E-state index in [4.69, 9.17) is 0 Å². The molecule has 0 spiro atoms. The molecule has 0 aromatic heterocycles. The van der Waals surface area contributed by atoms with Crippen molar-refractivity contribution in [2.24, 2.45) is 11.8 Å². The Morgan fingerprint density at radius 2 is 1.95 bits per heavy atom. The fourth-order valence-corrected chi connectivity index (χ4v) is 3.76. The van der Waals surface area contributed by atoms with Gasteiger partial charge in [0.05, 0.1) is 0 Å². The fraction of sp³-hybridized carbons (Fsp3) is 0.667. The fourth-order valence-electron chi connectivity index (χ4n) is 3.76. The molecule has 1 aromatic carbocycles. The molecule has 1 heteroatoms. The van der Waals surface area contributed by atoms with Crippen LogP contribution in [0, 0.1) is 18.8 Å². The summed E-state index contributed by atoms with van der Waals surface area (Å²) in [6, 6.07) is 9.56. The second-order valence-electron chi connectivity index (χ2n) is 6.25. The molecule has 0 aliphatic heterocycles. The number of nitrogens with one attached hydrogen (secondary N) is 1. The third kappa shape index (κ3) is 3.82. The molecule has 1 atom stereocenters. The number of benzene rings is 1. The summed E-state index contributed by atoms with van der Waals surface area (Å²) in [4.78, 5) is 0. The summed E-state index contributed by atoms with van der Waals surface area (Å²) in [5.74, 6) is 1.82.